The zero-order chi connectivity index (χ0) is 6.36. The molecule has 0 bridgehead atoms. The lowest BCUT2D eigenvalue weighted by atomic mass is 10.5. The number of ether oxygens (including phenoxy) is 1. The van der Waals surface area contributed by atoms with E-state index in [0.29, 0.717) is 0 Å². The monoisotopic (exact) mass is 130 g/mol. The summed E-state index contributed by atoms with van der Waals surface area (Å²) in [5, 5.41) is 6.16. The van der Waals surface area contributed by atoms with Crippen LogP contribution in [0.5, 0.6) is 0 Å². The van der Waals surface area contributed by atoms with Crippen molar-refractivity contribution in [3.05, 3.63) is 0 Å². The molecule has 2 aliphatic heterocycles. The summed E-state index contributed by atoms with van der Waals surface area (Å²) in [4.78, 5) is 0. The molecule has 0 aromatic rings. The zero-order valence-electron chi connectivity index (χ0n) is 5.65. The third-order valence-electron chi connectivity index (χ3n) is 1.10. The van der Waals surface area contributed by atoms with Gasteiger partial charge in [0, 0.05) is 26.2 Å². The van der Waals surface area contributed by atoms with Crippen molar-refractivity contribution in [3.63, 3.8) is 0 Å². The van der Waals surface area contributed by atoms with Crippen LogP contribution in [0.2, 0.25) is 0 Å². The number of rotatable bonds is 0. The lowest BCUT2D eigenvalue weighted by Crippen LogP contribution is -2.30. The van der Waals surface area contributed by atoms with Crippen LogP contribution in [0.25, 0.3) is 0 Å². The SMILES string of the molecule is C1CN1.C1COCCN1. The molecule has 0 amide bonds. The maximum Gasteiger partial charge on any atom is 0.0591 e. The van der Waals surface area contributed by atoms with E-state index in [4.69, 9.17) is 4.74 Å². The quantitative estimate of drug-likeness (QED) is 0.422. The van der Waals surface area contributed by atoms with Gasteiger partial charge in [0.2, 0.25) is 0 Å². The van der Waals surface area contributed by atoms with E-state index < -0.39 is 0 Å². The van der Waals surface area contributed by atoms with Crippen LogP contribution in [0.15, 0.2) is 0 Å². The van der Waals surface area contributed by atoms with Gasteiger partial charge in [0.25, 0.3) is 0 Å². The largest absolute Gasteiger partial charge is 0.379 e. The molecule has 2 aliphatic rings. The van der Waals surface area contributed by atoms with E-state index in [1.165, 1.54) is 13.1 Å². The van der Waals surface area contributed by atoms with Crippen molar-refractivity contribution in [2.24, 2.45) is 0 Å². The Morgan fingerprint density at radius 3 is 1.33 bits per heavy atom. The molecule has 9 heavy (non-hydrogen) atoms. The molecule has 0 radical (unpaired) electrons. The first-order chi connectivity index (χ1) is 4.50. The molecular formula is C6H14N2O. The molecule has 0 aromatic heterocycles. The van der Waals surface area contributed by atoms with Gasteiger partial charge >= 0.3 is 0 Å². The molecule has 0 unspecified atom stereocenters. The average Bonchev–Trinajstić information content (AvgIpc) is 2.76. The van der Waals surface area contributed by atoms with Gasteiger partial charge in [-0.1, -0.05) is 0 Å². The molecule has 3 nitrogen and oxygen atoms in total. The molecule has 0 aromatic carbocycles. The van der Waals surface area contributed by atoms with Crippen LogP contribution in [0.4, 0.5) is 0 Å². The third kappa shape index (κ3) is 5.76. The first kappa shape index (κ1) is 6.99. The maximum absolute atomic E-state index is 5.01. The Morgan fingerprint density at radius 2 is 1.22 bits per heavy atom. The predicted molar refractivity (Wildman–Crippen MR) is 36.6 cm³/mol. The Labute approximate surface area is 55.8 Å². The third-order valence-corrected chi connectivity index (χ3v) is 1.10. The minimum absolute atomic E-state index is 0.889. The van der Waals surface area contributed by atoms with Crippen LogP contribution in [0, 0.1) is 0 Å². The molecule has 2 N–H and O–H groups in total. The Morgan fingerprint density at radius 1 is 0.778 bits per heavy atom. The smallest absolute Gasteiger partial charge is 0.0591 e. The normalized spacial score (nSPS) is 24.0. The molecule has 0 aliphatic carbocycles. The molecule has 2 heterocycles. The molecule has 54 valence electrons. The minimum atomic E-state index is 0.889. The van der Waals surface area contributed by atoms with Gasteiger partial charge in [-0.05, 0) is 0 Å². The van der Waals surface area contributed by atoms with Gasteiger partial charge in [0.1, 0.15) is 0 Å². The summed E-state index contributed by atoms with van der Waals surface area (Å²) in [6.07, 6.45) is 0. The van der Waals surface area contributed by atoms with Crippen molar-refractivity contribution < 1.29 is 4.74 Å². The standard InChI is InChI=1S/C4H9NO.C2H5N/c1-3-6-4-2-5-1;1-2-3-1/h5H,1-4H2;3H,1-2H2. The fourth-order valence-electron chi connectivity index (χ4n) is 0.516. The Bertz CT molecular complexity index is 47.8. The highest BCUT2D eigenvalue weighted by Gasteiger charge is 1.93. The van der Waals surface area contributed by atoms with Crippen LogP contribution in [-0.4, -0.2) is 39.4 Å². The number of nitrogens with one attached hydrogen (secondary N) is 2. The highest BCUT2D eigenvalue weighted by atomic mass is 16.5. The Balaban J connectivity index is 0.000000112. The lowest BCUT2D eigenvalue weighted by molar-refractivity contribution is 0.109. The molecule has 2 rings (SSSR count). The molecule has 0 atom stereocenters. The minimum Gasteiger partial charge on any atom is -0.379 e. The Kier molecular flexibility index (Phi) is 3.68. The average molecular weight is 130 g/mol. The number of hydrogen-bond acceptors (Lipinski definition) is 3. The fraction of sp³-hybridized carbons (Fsp3) is 1.00. The topological polar surface area (TPSA) is 43.2 Å². The summed E-state index contributed by atoms with van der Waals surface area (Å²) >= 11 is 0. The van der Waals surface area contributed by atoms with Crippen LogP contribution >= 0.6 is 0 Å². The Hall–Kier alpha value is -0.120. The van der Waals surface area contributed by atoms with Crippen molar-refractivity contribution in [1.82, 2.24) is 10.6 Å². The molecule has 2 fully saturated rings. The molecule has 0 saturated carbocycles. The summed E-state index contributed by atoms with van der Waals surface area (Å²) < 4.78 is 5.01. The number of hydrogen-bond donors (Lipinski definition) is 2. The van der Waals surface area contributed by atoms with Gasteiger partial charge < -0.3 is 15.4 Å². The summed E-state index contributed by atoms with van der Waals surface area (Å²) in [5.41, 5.74) is 0. The summed E-state index contributed by atoms with van der Waals surface area (Å²) in [6, 6.07) is 0. The second kappa shape index (κ2) is 4.73. The predicted octanol–water partition coefficient (Wildman–Crippen LogP) is -0.804. The zero-order valence-corrected chi connectivity index (χ0v) is 5.65. The van der Waals surface area contributed by atoms with Gasteiger partial charge in [0.05, 0.1) is 13.2 Å². The molecular weight excluding hydrogens is 116 g/mol. The maximum atomic E-state index is 5.01. The van der Waals surface area contributed by atoms with Gasteiger partial charge in [-0.25, -0.2) is 0 Å². The van der Waals surface area contributed by atoms with E-state index >= 15 is 0 Å². The van der Waals surface area contributed by atoms with Crippen LogP contribution in [-0.2, 0) is 4.74 Å². The lowest BCUT2D eigenvalue weighted by Gasteiger charge is -2.10. The van der Waals surface area contributed by atoms with Gasteiger partial charge in [-0.2, -0.15) is 0 Å². The first-order valence-corrected chi connectivity index (χ1v) is 3.49. The highest BCUT2D eigenvalue weighted by molar-refractivity contribution is 4.58. The van der Waals surface area contributed by atoms with E-state index in [1.54, 1.807) is 0 Å². The van der Waals surface area contributed by atoms with Crippen molar-refractivity contribution in [3.8, 4) is 0 Å². The fourth-order valence-corrected chi connectivity index (χ4v) is 0.516. The van der Waals surface area contributed by atoms with Crippen LogP contribution in [0.1, 0.15) is 0 Å². The number of morpholine rings is 1. The van der Waals surface area contributed by atoms with Gasteiger partial charge in [-0.3, -0.25) is 0 Å². The molecule has 2 saturated heterocycles. The summed E-state index contributed by atoms with van der Waals surface area (Å²) in [5.74, 6) is 0. The first-order valence-electron chi connectivity index (χ1n) is 3.49. The van der Waals surface area contributed by atoms with E-state index in [1.807, 2.05) is 0 Å². The summed E-state index contributed by atoms with van der Waals surface area (Å²) in [6.45, 7) is 6.33. The van der Waals surface area contributed by atoms with Gasteiger partial charge in [0.15, 0.2) is 0 Å². The summed E-state index contributed by atoms with van der Waals surface area (Å²) in [7, 11) is 0. The van der Waals surface area contributed by atoms with Crippen molar-refractivity contribution in [1.29, 1.82) is 0 Å². The van der Waals surface area contributed by atoms with Crippen molar-refractivity contribution >= 4 is 0 Å². The molecule has 3 heteroatoms. The van der Waals surface area contributed by atoms with Gasteiger partial charge in [-0.15, -0.1) is 0 Å². The van der Waals surface area contributed by atoms with E-state index in [0.717, 1.165) is 26.3 Å². The van der Waals surface area contributed by atoms with Crippen molar-refractivity contribution in [2.45, 2.75) is 0 Å². The van der Waals surface area contributed by atoms with E-state index in [9.17, 15) is 0 Å². The van der Waals surface area contributed by atoms with E-state index in [-0.39, 0.29) is 0 Å². The van der Waals surface area contributed by atoms with E-state index in [2.05, 4.69) is 10.6 Å². The van der Waals surface area contributed by atoms with Crippen LogP contribution < -0.4 is 10.6 Å². The highest BCUT2D eigenvalue weighted by Crippen LogP contribution is 1.76. The second-order valence-electron chi connectivity index (χ2n) is 2.11. The van der Waals surface area contributed by atoms with Crippen molar-refractivity contribution in [2.75, 3.05) is 39.4 Å². The molecule has 0 spiro atoms. The second-order valence-corrected chi connectivity index (χ2v) is 2.11. The van der Waals surface area contributed by atoms with Crippen LogP contribution in [0.3, 0.4) is 0 Å².